The monoisotopic (exact) mass is 245 g/mol. The van der Waals surface area contributed by atoms with Crippen LogP contribution in [0.25, 0.3) is 0 Å². The number of nitrogens with zero attached hydrogens (tertiary/aromatic N) is 1. The van der Waals surface area contributed by atoms with Crippen molar-refractivity contribution in [3.05, 3.63) is 32.3 Å². The second-order valence-corrected chi connectivity index (χ2v) is 3.41. The fourth-order valence-corrected chi connectivity index (χ4v) is 1.45. The molecule has 0 saturated heterocycles. The van der Waals surface area contributed by atoms with Crippen LogP contribution in [0.15, 0.2) is 16.6 Å². The van der Waals surface area contributed by atoms with Gasteiger partial charge in [-0.25, -0.2) is 0 Å². The minimum atomic E-state index is -0.444. The van der Waals surface area contributed by atoms with Crippen molar-refractivity contribution in [3.63, 3.8) is 0 Å². The van der Waals surface area contributed by atoms with Crippen molar-refractivity contribution in [3.8, 4) is 0 Å². The second-order valence-electron chi connectivity index (χ2n) is 2.50. The maximum absolute atomic E-state index is 10.6. The van der Waals surface area contributed by atoms with E-state index in [-0.39, 0.29) is 5.69 Å². The summed E-state index contributed by atoms with van der Waals surface area (Å²) in [5.74, 6) is 5.20. The number of hydrogen-bond acceptors (Lipinski definition) is 4. The van der Waals surface area contributed by atoms with Crippen molar-refractivity contribution in [2.75, 3.05) is 5.43 Å². The Balaban J connectivity index is 3.35. The van der Waals surface area contributed by atoms with Crippen LogP contribution in [0, 0.1) is 17.0 Å². The van der Waals surface area contributed by atoms with Crippen molar-refractivity contribution < 1.29 is 4.92 Å². The van der Waals surface area contributed by atoms with E-state index in [1.807, 2.05) is 0 Å². The van der Waals surface area contributed by atoms with E-state index in [2.05, 4.69) is 21.4 Å². The summed E-state index contributed by atoms with van der Waals surface area (Å²) < 4.78 is 0.623. The van der Waals surface area contributed by atoms with E-state index in [0.29, 0.717) is 15.7 Å². The molecule has 0 aromatic heterocycles. The van der Waals surface area contributed by atoms with Gasteiger partial charge in [-0.1, -0.05) is 15.9 Å². The highest BCUT2D eigenvalue weighted by molar-refractivity contribution is 9.10. The van der Waals surface area contributed by atoms with Crippen LogP contribution in [0.1, 0.15) is 5.56 Å². The van der Waals surface area contributed by atoms with Gasteiger partial charge < -0.3 is 5.43 Å². The second kappa shape index (κ2) is 3.71. The first-order valence-electron chi connectivity index (χ1n) is 3.47. The van der Waals surface area contributed by atoms with E-state index >= 15 is 0 Å². The van der Waals surface area contributed by atoms with Gasteiger partial charge in [-0.3, -0.25) is 16.0 Å². The van der Waals surface area contributed by atoms with Gasteiger partial charge >= 0.3 is 0 Å². The molecule has 0 spiro atoms. The number of nitrogens with one attached hydrogen (secondary N) is 1. The molecular formula is C7H8BrN3O2. The van der Waals surface area contributed by atoms with Crippen molar-refractivity contribution in [1.29, 1.82) is 0 Å². The van der Waals surface area contributed by atoms with Gasteiger partial charge in [0.05, 0.1) is 16.2 Å². The van der Waals surface area contributed by atoms with Gasteiger partial charge in [-0.05, 0) is 13.0 Å². The van der Waals surface area contributed by atoms with Gasteiger partial charge in [-0.15, -0.1) is 0 Å². The third-order valence-corrected chi connectivity index (χ3v) is 2.16. The quantitative estimate of drug-likeness (QED) is 0.474. The summed E-state index contributed by atoms with van der Waals surface area (Å²) in [6.07, 6.45) is 0. The van der Waals surface area contributed by atoms with Crippen molar-refractivity contribution in [1.82, 2.24) is 0 Å². The summed E-state index contributed by atoms with van der Waals surface area (Å²) in [6.45, 7) is 1.64. The number of nitro benzene ring substituents is 1. The standard InChI is InChI=1S/C7H8BrN3O2/c1-4-6(10-9)2-5(8)3-7(4)11(12)13/h2-3,10H,9H2,1H3. The molecule has 0 amide bonds. The van der Waals surface area contributed by atoms with Crippen LogP contribution >= 0.6 is 15.9 Å². The summed E-state index contributed by atoms with van der Waals surface area (Å²) in [4.78, 5) is 10.1. The normalized spacial score (nSPS) is 9.77. The average Bonchev–Trinajstić information content (AvgIpc) is 2.08. The number of halogens is 1. The molecule has 0 aliphatic rings. The van der Waals surface area contributed by atoms with Crippen LogP contribution in [-0.4, -0.2) is 4.92 Å². The molecule has 0 radical (unpaired) electrons. The lowest BCUT2D eigenvalue weighted by molar-refractivity contribution is -0.385. The summed E-state index contributed by atoms with van der Waals surface area (Å²) in [7, 11) is 0. The van der Waals surface area contributed by atoms with E-state index in [9.17, 15) is 10.1 Å². The van der Waals surface area contributed by atoms with Crippen molar-refractivity contribution in [2.24, 2.45) is 5.84 Å². The van der Waals surface area contributed by atoms with Crippen LogP contribution in [0.2, 0.25) is 0 Å². The number of nitrogen functional groups attached to an aromatic ring is 1. The van der Waals surface area contributed by atoms with Crippen LogP contribution in [0.3, 0.4) is 0 Å². The molecule has 0 unspecified atom stereocenters. The molecule has 1 rings (SSSR count). The predicted molar refractivity (Wildman–Crippen MR) is 53.3 cm³/mol. The molecule has 0 saturated carbocycles. The number of hydrazine groups is 1. The number of benzene rings is 1. The molecule has 3 N–H and O–H groups in total. The maximum atomic E-state index is 10.6. The predicted octanol–water partition coefficient (Wildman–Crippen LogP) is 1.95. The molecule has 5 nitrogen and oxygen atoms in total. The number of hydrogen-bond donors (Lipinski definition) is 2. The summed E-state index contributed by atoms with van der Waals surface area (Å²) in [5, 5.41) is 10.6. The number of nitrogens with two attached hydrogens (primary N) is 1. The molecule has 0 aliphatic heterocycles. The highest BCUT2D eigenvalue weighted by atomic mass is 79.9. The highest BCUT2D eigenvalue weighted by Gasteiger charge is 2.14. The van der Waals surface area contributed by atoms with Crippen LogP contribution < -0.4 is 11.3 Å². The first-order chi connectivity index (χ1) is 6.06. The lowest BCUT2D eigenvalue weighted by Crippen LogP contribution is -2.09. The molecule has 70 valence electrons. The van der Waals surface area contributed by atoms with Gasteiger partial charge in [-0.2, -0.15) is 0 Å². The van der Waals surface area contributed by atoms with E-state index in [1.165, 1.54) is 6.07 Å². The van der Waals surface area contributed by atoms with Crippen LogP contribution in [0.5, 0.6) is 0 Å². The van der Waals surface area contributed by atoms with Crippen molar-refractivity contribution in [2.45, 2.75) is 6.92 Å². The molecule has 0 bridgehead atoms. The lowest BCUT2D eigenvalue weighted by atomic mass is 10.1. The smallest absolute Gasteiger partial charge is 0.275 e. The zero-order chi connectivity index (χ0) is 10.0. The number of anilines is 1. The Morgan fingerprint density at radius 3 is 2.69 bits per heavy atom. The van der Waals surface area contributed by atoms with Crippen LogP contribution in [-0.2, 0) is 0 Å². The zero-order valence-corrected chi connectivity index (χ0v) is 8.46. The molecule has 0 fully saturated rings. The Morgan fingerprint density at radius 2 is 2.23 bits per heavy atom. The molecule has 0 aliphatic carbocycles. The number of rotatable bonds is 2. The Kier molecular flexibility index (Phi) is 2.84. The minimum absolute atomic E-state index is 0.0438. The fourth-order valence-electron chi connectivity index (χ4n) is 1.00. The molecule has 0 heterocycles. The lowest BCUT2D eigenvalue weighted by Gasteiger charge is -2.05. The third kappa shape index (κ3) is 1.96. The Bertz CT molecular complexity index is 354. The van der Waals surface area contributed by atoms with Gasteiger partial charge in [0, 0.05) is 10.5 Å². The molecular weight excluding hydrogens is 238 g/mol. The zero-order valence-electron chi connectivity index (χ0n) is 6.87. The van der Waals surface area contributed by atoms with Gasteiger partial charge in [0.15, 0.2) is 0 Å². The largest absolute Gasteiger partial charge is 0.324 e. The van der Waals surface area contributed by atoms with E-state index in [1.54, 1.807) is 13.0 Å². The maximum Gasteiger partial charge on any atom is 0.275 e. The first-order valence-corrected chi connectivity index (χ1v) is 4.26. The van der Waals surface area contributed by atoms with Crippen LogP contribution in [0.4, 0.5) is 11.4 Å². The van der Waals surface area contributed by atoms with Gasteiger partial charge in [0.1, 0.15) is 0 Å². The Hall–Kier alpha value is -1.14. The molecule has 6 heteroatoms. The van der Waals surface area contributed by atoms with Gasteiger partial charge in [0.2, 0.25) is 0 Å². The Labute approximate surface area is 83.2 Å². The van der Waals surface area contributed by atoms with Crippen molar-refractivity contribution >= 4 is 27.3 Å². The Morgan fingerprint density at radius 1 is 1.62 bits per heavy atom. The molecule has 1 aromatic carbocycles. The fraction of sp³-hybridized carbons (Fsp3) is 0.143. The summed E-state index contributed by atoms with van der Waals surface area (Å²) in [5.41, 5.74) is 3.51. The average molecular weight is 246 g/mol. The minimum Gasteiger partial charge on any atom is -0.324 e. The highest BCUT2D eigenvalue weighted by Crippen LogP contribution is 2.29. The van der Waals surface area contributed by atoms with Gasteiger partial charge in [0.25, 0.3) is 5.69 Å². The summed E-state index contributed by atoms with van der Waals surface area (Å²) >= 11 is 3.16. The SMILES string of the molecule is Cc1c(NN)cc(Br)cc1[N+](=O)[O-]. The molecule has 13 heavy (non-hydrogen) atoms. The topological polar surface area (TPSA) is 81.2 Å². The molecule has 0 atom stereocenters. The molecule has 1 aromatic rings. The summed E-state index contributed by atoms with van der Waals surface area (Å²) in [6, 6.07) is 3.12. The first kappa shape index (κ1) is 9.94. The number of nitro groups is 1. The third-order valence-electron chi connectivity index (χ3n) is 1.70. The van der Waals surface area contributed by atoms with E-state index < -0.39 is 4.92 Å². The van der Waals surface area contributed by atoms with E-state index in [0.717, 1.165) is 0 Å². The van der Waals surface area contributed by atoms with E-state index in [4.69, 9.17) is 5.84 Å².